The van der Waals surface area contributed by atoms with Gasteiger partial charge in [0.15, 0.2) is 0 Å². The summed E-state index contributed by atoms with van der Waals surface area (Å²) >= 11 is 0. The zero-order valence-corrected chi connectivity index (χ0v) is 27.3. The van der Waals surface area contributed by atoms with Gasteiger partial charge in [-0.15, -0.1) is 0 Å². The summed E-state index contributed by atoms with van der Waals surface area (Å²) < 4.78 is 6.20. The van der Waals surface area contributed by atoms with Crippen LogP contribution in [0.3, 0.4) is 0 Å². The Morgan fingerprint density at radius 1 is 0.300 bits per heavy atom. The second-order valence-corrected chi connectivity index (χ2v) is 13.0. The number of nitrogens with zero attached hydrogens (tertiary/aromatic N) is 1. The van der Waals surface area contributed by atoms with Crippen molar-refractivity contribution in [1.82, 2.24) is 0 Å². The Balaban J connectivity index is 1.05. The van der Waals surface area contributed by atoms with E-state index in [0.717, 1.165) is 50.1 Å². The van der Waals surface area contributed by atoms with Gasteiger partial charge in [-0.1, -0.05) is 133 Å². The largest absolute Gasteiger partial charge is 0.456 e. The van der Waals surface area contributed by atoms with E-state index >= 15 is 0 Å². The van der Waals surface area contributed by atoms with E-state index in [-0.39, 0.29) is 0 Å². The highest BCUT2D eigenvalue weighted by Crippen LogP contribution is 2.40. The molecule has 0 saturated heterocycles. The van der Waals surface area contributed by atoms with Crippen LogP contribution in [0.5, 0.6) is 0 Å². The van der Waals surface area contributed by atoms with Crippen LogP contribution < -0.4 is 4.90 Å². The van der Waals surface area contributed by atoms with Crippen LogP contribution in [0, 0.1) is 0 Å². The van der Waals surface area contributed by atoms with Crippen molar-refractivity contribution in [2.45, 2.75) is 0 Å². The first-order chi connectivity index (χ1) is 24.8. The van der Waals surface area contributed by atoms with Crippen molar-refractivity contribution in [3.8, 4) is 22.3 Å². The molecule has 9 aromatic carbocycles. The van der Waals surface area contributed by atoms with Gasteiger partial charge >= 0.3 is 0 Å². The molecule has 0 saturated carbocycles. The second-order valence-electron chi connectivity index (χ2n) is 13.0. The Kier molecular flexibility index (Phi) is 6.53. The van der Waals surface area contributed by atoms with Crippen molar-refractivity contribution >= 4 is 71.3 Å². The Bertz CT molecular complexity index is 2860. The molecule has 2 heteroatoms. The SMILES string of the molecule is c1ccc2cc(N(c3ccc(-c4ccc5c(c4)oc4ccccc45)cc3)c3ccc(-c4cccc5c4ccc4ccccc45)cc3)ccc2c1. The average molecular weight is 638 g/mol. The Labute approximate surface area is 290 Å². The van der Waals surface area contributed by atoms with Gasteiger partial charge < -0.3 is 9.32 Å². The predicted molar refractivity (Wildman–Crippen MR) is 212 cm³/mol. The summed E-state index contributed by atoms with van der Waals surface area (Å²) in [5.74, 6) is 0. The molecule has 1 aromatic heterocycles. The van der Waals surface area contributed by atoms with Gasteiger partial charge in [-0.25, -0.2) is 0 Å². The quantitative estimate of drug-likeness (QED) is 0.175. The number of para-hydroxylation sites is 1. The van der Waals surface area contributed by atoms with Crippen LogP contribution in [0.15, 0.2) is 192 Å². The highest BCUT2D eigenvalue weighted by Gasteiger charge is 2.15. The summed E-state index contributed by atoms with van der Waals surface area (Å²) in [7, 11) is 0. The maximum absolute atomic E-state index is 6.20. The minimum atomic E-state index is 0.907. The van der Waals surface area contributed by atoms with Crippen LogP contribution in [0.25, 0.3) is 76.5 Å². The zero-order valence-electron chi connectivity index (χ0n) is 27.3. The molecular formula is C48H31NO. The summed E-state index contributed by atoms with van der Waals surface area (Å²) in [5, 5.41) is 9.83. The topological polar surface area (TPSA) is 16.4 Å². The molecule has 10 rings (SSSR count). The van der Waals surface area contributed by atoms with Crippen molar-refractivity contribution in [3.05, 3.63) is 188 Å². The fourth-order valence-corrected chi connectivity index (χ4v) is 7.55. The number of furan rings is 1. The molecule has 50 heavy (non-hydrogen) atoms. The van der Waals surface area contributed by atoms with Crippen LogP contribution in [0.1, 0.15) is 0 Å². The number of benzene rings is 9. The third kappa shape index (κ3) is 4.73. The van der Waals surface area contributed by atoms with E-state index in [2.05, 4.69) is 181 Å². The van der Waals surface area contributed by atoms with E-state index in [1.165, 1.54) is 43.4 Å². The molecule has 0 atom stereocenters. The zero-order chi connectivity index (χ0) is 33.0. The second kappa shape index (κ2) is 11.5. The van der Waals surface area contributed by atoms with Crippen molar-refractivity contribution in [3.63, 3.8) is 0 Å². The molecule has 0 N–H and O–H groups in total. The monoisotopic (exact) mass is 637 g/mol. The number of rotatable bonds is 5. The molecule has 234 valence electrons. The van der Waals surface area contributed by atoms with E-state index in [4.69, 9.17) is 4.42 Å². The predicted octanol–water partition coefficient (Wildman–Crippen LogP) is 13.8. The number of hydrogen-bond donors (Lipinski definition) is 0. The van der Waals surface area contributed by atoms with Crippen LogP contribution in [-0.2, 0) is 0 Å². The molecule has 0 aliphatic rings. The Morgan fingerprint density at radius 2 is 0.880 bits per heavy atom. The third-order valence-corrected chi connectivity index (χ3v) is 10.1. The highest BCUT2D eigenvalue weighted by molar-refractivity contribution is 6.12. The summed E-state index contributed by atoms with van der Waals surface area (Å²) in [6.07, 6.45) is 0. The average Bonchev–Trinajstić information content (AvgIpc) is 3.56. The molecule has 0 spiro atoms. The van der Waals surface area contributed by atoms with Crippen molar-refractivity contribution in [1.29, 1.82) is 0 Å². The van der Waals surface area contributed by atoms with Gasteiger partial charge in [-0.2, -0.15) is 0 Å². The van der Waals surface area contributed by atoms with E-state index in [1.54, 1.807) is 0 Å². The molecule has 10 aromatic rings. The minimum absolute atomic E-state index is 0.907. The molecule has 0 aliphatic heterocycles. The lowest BCUT2D eigenvalue weighted by molar-refractivity contribution is 0.669. The van der Waals surface area contributed by atoms with Gasteiger partial charge in [0, 0.05) is 27.8 Å². The van der Waals surface area contributed by atoms with E-state index < -0.39 is 0 Å². The normalized spacial score (nSPS) is 11.6. The maximum Gasteiger partial charge on any atom is 0.136 e. The number of hydrogen-bond acceptors (Lipinski definition) is 2. The first-order valence-electron chi connectivity index (χ1n) is 17.1. The lowest BCUT2D eigenvalue weighted by Crippen LogP contribution is -2.09. The first kappa shape index (κ1) is 28.4. The summed E-state index contributed by atoms with van der Waals surface area (Å²) in [4.78, 5) is 2.35. The van der Waals surface area contributed by atoms with Gasteiger partial charge in [0.1, 0.15) is 11.2 Å². The van der Waals surface area contributed by atoms with Crippen LogP contribution >= 0.6 is 0 Å². The maximum atomic E-state index is 6.20. The minimum Gasteiger partial charge on any atom is -0.456 e. The van der Waals surface area contributed by atoms with E-state index in [9.17, 15) is 0 Å². The molecule has 1 heterocycles. The molecule has 2 nitrogen and oxygen atoms in total. The van der Waals surface area contributed by atoms with Gasteiger partial charge in [0.2, 0.25) is 0 Å². The third-order valence-electron chi connectivity index (χ3n) is 10.1. The summed E-state index contributed by atoms with van der Waals surface area (Å²) in [6, 6.07) is 67.6. The summed E-state index contributed by atoms with van der Waals surface area (Å²) in [5.41, 5.74) is 9.85. The smallest absolute Gasteiger partial charge is 0.136 e. The van der Waals surface area contributed by atoms with Gasteiger partial charge in [0.05, 0.1) is 0 Å². The van der Waals surface area contributed by atoms with E-state index in [0.29, 0.717) is 0 Å². The molecule has 0 unspecified atom stereocenters. The van der Waals surface area contributed by atoms with Gasteiger partial charge in [-0.3, -0.25) is 0 Å². The van der Waals surface area contributed by atoms with Gasteiger partial charge in [-0.05, 0) is 109 Å². The highest BCUT2D eigenvalue weighted by atomic mass is 16.3. The standard InChI is InChI=1S/C48H31NO/c1-2-10-36-30-40(27-18-32(36)8-1)49(38-23-16-33(17-24-38)37-22-29-46-45-12-5-6-15-47(45)50-48(46)31-37)39-25-19-35(20-26-39)42-13-7-14-43-41-11-4-3-9-34(41)21-28-44(42)43/h1-31H. The van der Waals surface area contributed by atoms with Crippen molar-refractivity contribution in [2.24, 2.45) is 0 Å². The molecular weight excluding hydrogens is 607 g/mol. The van der Waals surface area contributed by atoms with Crippen LogP contribution in [-0.4, -0.2) is 0 Å². The summed E-state index contributed by atoms with van der Waals surface area (Å²) in [6.45, 7) is 0. The fraction of sp³-hybridized carbons (Fsp3) is 0. The molecule has 0 aliphatic carbocycles. The van der Waals surface area contributed by atoms with Crippen LogP contribution in [0.2, 0.25) is 0 Å². The lowest BCUT2D eigenvalue weighted by Gasteiger charge is -2.26. The Morgan fingerprint density at radius 3 is 1.70 bits per heavy atom. The Hall–Kier alpha value is -6.64. The molecule has 0 amide bonds. The van der Waals surface area contributed by atoms with Crippen molar-refractivity contribution < 1.29 is 4.42 Å². The number of fused-ring (bicyclic) bond motifs is 7. The van der Waals surface area contributed by atoms with Crippen molar-refractivity contribution in [2.75, 3.05) is 4.90 Å². The van der Waals surface area contributed by atoms with Gasteiger partial charge in [0.25, 0.3) is 0 Å². The fourth-order valence-electron chi connectivity index (χ4n) is 7.55. The molecule has 0 bridgehead atoms. The lowest BCUT2D eigenvalue weighted by atomic mass is 9.94. The molecule has 0 radical (unpaired) electrons. The first-order valence-corrected chi connectivity index (χ1v) is 17.1. The number of anilines is 3. The van der Waals surface area contributed by atoms with E-state index in [1.807, 2.05) is 12.1 Å². The molecule has 0 fully saturated rings. The van der Waals surface area contributed by atoms with Crippen LogP contribution in [0.4, 0.5) is 17.1 Å².